The number of aliphatic imine (C=N–C) groups is 1. The lowest BCUT2D eigenvalue weighted by atomic mass is 9.69. The lowest BCUT2D eigenvalue weighted by molar-refractivity contribution is -0.133. The van der Waals surface area contributed by atoms with Gasteiger partial charge in [0.25, 0.3) is 5.91 Å². The predicted octanol–water partition coefficient (Wildman–Crippen LogP) is 6.65. The predicted molar refractivity (Wildman–Crippen MR) is 129 cm³/mol. The van der Waals surface area contributed by atoms with Crippen molar-refractivity contribution in [1.29, 1.82) is 0 Å². The zero-order valence-corrected chi connectivity index (χ0v) is 20.3. The normalized spacial score (nSPS) is 23.8. The summed E-state index contributed by atoms with van der Waals surface area (Å²) in [7, 11) is 0. The second kappa shape index (κ2) is 9.05. The molecule has 34 heavy (non-hydrogen) atoms. The number of halogens is 2. The third kappa shape index (κ3) is 4.42. The smallest absolute Gasteiger partial charge is 0.305 e. The fourth-order valence-corrected chi connectivity index (χ4v) is 5.54. The highest BCUT2D eigenvalue weighted by atomic mass is 19.1. The fraction of sp³-hybridized carbons (Fsp3) is 0.464. The maximum atomic E-state index is 13.9. The Balaban J connectivity index is 1.75. The van der Waals surface area contributed by atoms with E-state index in [1.807, 2.05) is 11.8 Å². The first-order chi connectivity index (χ1) is 16.1. The van der Waals surface area contributed by atoms with Crippen molar-refractivity contribution in [3.63, 3.8) is 0 Å². The van der Waals surface area contributed by atoms with Crippen molar-refractivity contribution >= 4 is 17.7 Å². The van der Waals surface area contributed by atoms with Crippen molar-refractivity contribution in [2.75, 3.05) is 0 Å². The number of carbonyl (C=O) groups excluding carboxylic acids is 2. The van der Waals surface area contributed by atoms with Crippen LogP contribution in [0, 0.1) is 17.2 Å². The average molecular weight is 467 g/mol. The van der Waals surface area contributed by atoms with Gasteiger partial charge < -0.3 is 4.90 Å². The van der Waals surface area contributed by atoms with Gasteiger partial charge in [-0.1, -0.05) is 39.8 Å². The highest BCUT2D eigenvalue weighted by molar-refractivity contribution is 6.46. The summed E-state index contributed by atoms with van der Waals surface area (Å²) in [5, 5.41) is 0. The molecule has 1 aliphatic carbocycles. The standard InChI is InChI=1S/C28H32F2N2O2/c1-5-23(18-6-8-20(9-7-18)25(30)33)32-26(34)24(19-10-12-22(29)13-11-19)31-28(32)16-14-21(15-17-28)27(2,3)4/h6-13,21,23H,5,14-17H2,1-4H3/t21?,23-,28?/m1/s1. The number of amides is 1. The Morgan fingerprint density at radius 2 is 1.68 bits per heavy atom. The molecule has 1 heterocycles. The van der Waals surface area contributed by atoms with Gasteiger partial charge in [0.05, 0.1) is 11.6 Å². The van der Waals surface area contributed by atoms with Crippen molar-refractivity contribution in [1.82, 2.24) is 4.90 Å². The second-order valence-corrected chi connectivity index (χ2v) is 10.6. The lowest BCUT2D eigenvalue weighted by Crippen LogP contribution is -2.51. The summed E-state index contributed by atoms with van der Waals surface area (Å²) >= 11 is 0. The van der Waals surface area contributed by atoms with E-state index in [4.69, 9.17) is 4.99 Å². The van der Waals surface area contributed by atoms with Crippen LogP contribution >= 0.6 is 0 Å². The summed E-state index contributed by atoms with van der Waals surface area (Å²) in [4.78, 5) is 31.9. The molecule has 0 unspecified atom stereocenters. The van der Waals surface area contributed by atoms with Gasteiger partial charge in [0.1, 0.15) is 17.2 Å². The third-order valence-corrected chi connectivity index (χ3v) is 7.54. The monoisotopic (exact) mass is 466 g/mol. The van der Waals surface area contributed by atoms with Gasteiger partial charge in [-0.15, -0.1) is 0 Å². The second-order valence-electron chi connectivity index (χ2n) is 10.6. The first kappa shape index (κ1) is 24.2. The summed E-state index contributed by atoms with van der Waals surface area (Å²) in [5.74, 6) is 0.00868. The van der Waals surface area contributed by atoms with Crippen LogP contribution < -0.4 is 0 Å². The van der Waals surface area contributed by atoms with Gasteiger partial charge in [-0.3, -0.25) is 14.6 Å². The van der Waals surface area contributed by atoms with Gasteiger partial charge in [0, 0.05) is 5.56 Å². The molecule has 180 valence electrons. The molecule has 0 radical (unpaired) electrons. The highest BCUT2D eigenvalue weighted by Crippen LogP contribution is 2.49. The van der Waals surface area contributed by atoms with Crippen LogP contribution in [0.2, 0.25) is 0 Å². The molecule has 0 bridgehead atoms. The van der Waals surface area contributed by atoms with Crippen LogP contribution in [-0.4, -0.2) is 28.2 Å². The van der Waals surface area contributed by atoms with E-state index in [1.165, 1.54) is 24.3 Å². The van der Waals surface area contributed by atoms with E-state index in [0.29, 0.717) is 23.6 Å². The number of carbonyl (C=O) groups is 2. The first-order valence-corrected chi connectivity index (χ1v) is 12.0. The maximum absolute atomic E-state index is 13.9. The Kier molecular flexibility index (Phi) is 6.45. The largest absolute Gasteiger partial charge is 0.332 e. The van der Waals surface area contributed by atoms with Crippen LogP contribution in [-0.2, 0) is 4.79 Å². The average Bonchev–Trinajstić information content (AvgIpc) is 3.07. The Bertz CT molecular complexity index is 1090. The van der Waals surface area contributed by atoms with Gasteiger partial charge in [-0.05, 0) is 85.4 Å². The quantitative estimate of drug-likeness (QED) is 0.463. The van der Waals surface area contributed by atoms with Crippen molar-refractivity contribution in [3.8, 4) is 0 Å². The number of benzene rings is 2. The van der Waals surface area contributed by atoms with Crippen LogP contribution in [0.15, 0.2) is 53.5 Å². The van der Waals surface area contributed by atoms with Crippen LogP contribution in [0.3, 0.4) is 0 Å². The number of nitrogens with zero attached hydrogens (tertiary/aromatic N) is 2. The van der Waals surface area contributed by atoms with E-state index >= 15 is 0 Å². The van der Waals surface area contributed by atoms with Crippen LogP contribution in [0.4, 0.5) is 8.78 Å². The molecule has 1 atom stereocenters. The van der Waals surface area contributed by atoms with Crippen molar-refractivity contribution < 1.29 is 18.4 Å². The molecule has 1 spiro atoms. The van der Waals surface area contributed by atoms with Crippen molar-refractivity contribution in [2.45, 2.75) is 71.5 Å². The van der Waals surface area contributed by atoms with Gasteiger partial charge in [0.15, 0.2) is 0 Å². The van der Waals surface area contributed by atoms with Crippen LogP contribution in [0.1, 0.15) is 87.3 Å². The Hall–Kier alpha value is -2.89. The molecule has 1 fully saturated rings. The molecule has 0 aromatic heterocycles. The minimum Gasteiger partial charge on any atom is -0.305 e. The fourth-order valence-electron chi connectivity index (χ4n) is 5.54. The summed E-state index contributed by atoms with van der Waals surface area (Å²) in [6.45, 7) is 8.77. The van der Waals surface area contributed by atoms with E-state index in [9.17, 15) is 18.4 Å². The third-order valence-electron chi connectivity index (χ3n) is 7.54. The molecular formula is C28H32F2N2O2. The molecule has 6 heteroatoms. The molecule has 1 amide bonds. The minimum absolute atomic E-state index is 0.00463. The molecule has 2 aromatic rings. The molecular weight excluding hydrogens is 434 g/mol. The Labute approximate surface area is 200 Å². The molecule has 2 aliphatic rings. The molecule has 4 nitrogen and oxygen atoms in total. The summed E-state index contributed by atoms with van der Waals surface area (Å²) in [6, 6.07) is 10.5. The van der Waals surface area contributed by atoms with E-state index in [-0.39, 0.29) is 28.7 Å². The first-order valence-electron chi connectivity index (χ1n) is 12.0. The topological polar surface area (TPSA) is 49.7 Å². The summed E-state index contributed by atoms with van der Waals surface area (Å²) in [6.07, 6.45) is 4.07. The zero-order chi connectivity index (χ0) is 24.7. The summed E-state index contributed by atoms with van der Waals surface area (Å²) < 4.78 is 26.7. The highest BCUT2D eigenvalue weighted by Gasteiger charge is 2.52. The van der Waals surface area contributed by atoms with E-state index in [2.05, 4.69) is 20.8 Å². The molecule has 1 saturated carbocycles. The molecule has 0 saturated heterocycles. The Morgan fingerprint density at radius 3 is 2.18 bits per heavy atom. The Morgan fingerprint density at radius 1 is 1.09 bits per heavy atom. The van der Waals surface area contributed by atoms with E-state index in [1.54, 1.807) is 24.3 Å². The van der Waals surface area contributed by atoms with Crippen LogP contribution in [0.25, 0.3) is 0 Å². The SMILES string of the molecule is CC[C@H](c1ccc(C(=O)F)cc1)N1C(=O)C(c2ccc(F)cc2)=NC12CCC(C(C)(C)C)CC2. The zero-order valence-electron chi connectivity index (χ0n) is 20.3. The minimum atomic E-state index is -1.48. The van der Waals surface area contributed by atoms with Crippen molar-refractivity contribution in [3.05, 3.63) is 71.0 Å². The molecule has 2 aromatic carbocycles. The number of hydrogen-bond donors (Lipinski definition) is 0. The van der Waals surface area contributed by atoms with Gasteiger partial charge in [0.2, 0.25) is 0 Å². The molecule has 0 N–H and O–H groups in total. The van der Waals surface area contributed by atoms with E-state index < -0.39 is 11.7 Å². The van der Waals surface area contributed by atoms with Gasteiger partial charge in [-0.25, -0.2) is 4.39 Å². The van der Waals surface area contributed by atoms with Crippen molar-refractivity contribution in [2.24, 2.45) is 16.3 Å². The van der Waals surface area contributed by atoms with Gasteiger partial charge in [-0.2, -0.15) is 4.39 Å². The van der Waals surface area contributed by atoms with Crippen LogP contribution in [0.5, 0.6) is 0 Å². The number of rotatable bonds is 5. The molecule has 4 rings (SSSR count). The van der Waals surface area contributed by atoms with Gasteiger partial charge >= 0.3 is 6.04 Å². The number of hydrogen-bond acceptors (Lipinski definition) is 3. The lowest BCUT2D eigenvalue weighted by Gasteiger charge is -2.47. The van der Waals surface area contributed by atoms with E-state index in [0.717, 1.165) is 31.2 Å². The summed E-state index contributed by atoms with van der Waals surface area (Å²) in [5.41, 5.74) is 1.32. The molecule has 1 aliphatic heterocycles. The maximum Gasteiger partial charge on any atom is 0.332 e.